The molecule has 6 nitrogen and oxygen atoms in total. The van der Waals surface area contributed by atoms with Crippen molar-refractivity contribution >= 4 is 23.7 Å². The van der Waals surface area contributed by atoms with E-state index in [0.29, 0.717) is 12.3 Å². The smallest absolute Gasteiger partial charge is 0.245 e. The normalized spacial score (nSPS) is 16.9. The minimum atomic E-state index is -0.418. The molecular weight excluding hydrogens is 330 g/mol. The molecule has 6 heteroatoms. The molecule has 1 fully saturated rings. The maximum atomic E-state index is 12.3. The Morgan fingerprint density at radius 3 is 2.69 bits per heavy atom. The van der Waals surface area contributed by atoms with Gasteiger partial charge in [-0.1, -0.05) is 29.8 Å². The number of ether oxygens (including phenoxy) is 1. The highest BCUT2D eigenvalue weighted by atomic mass is 16.5. The van der Waals surface area contributed by atoms with Crippen LogP contribution in [0, 0.1) is 12.8 Å². The fourth-order valence-corrected chi connectivity index (χ4v) is 2.89. The first-order valence-corrected chi connectivity index (χ1v) is 8.41. The van der Waals surface area contributed by atoms with Crippen LogP contribution in [0.4, 0.5) is 5.69 Å². The van der Waals surface area contributed by atoms with Crippen LogP contribution in [0.3, 0.4) is 0 Å². The fraction of sp³-hybridized carbons (Fsp3) is 0.250. The SMILES string of the molecule is COc1ccccc1C=NNC(=O)C1CC(=O)N(c2ccc(C)cc2)C1. The maximum Gasteiger partial charge on any atom is 0.245 e. The Morgan fingerprint density at radius 2 is 1.96 bits per heavy atom. The van der Waals surface area contributed by atoms with Gasteiger partial charge in [0.05, 0.1) is 19.2 Å². The van der Waals surface area contributed by atoms with Crippen molar-refractivity contribution in [3.8, 4) is 5.75 Å². The first-order valence-electron chi connectivity index (χ1n) is 8.41. The first kappa shape index (κ1) is 17.7. The number of para-hydroxylation sites is 1. The van der Waals surface area contributed by atoms with Crippen LogP contribution in [-0.2, 0) is 9.59 Å². The summed E-state index contributed by atoms with van der Waals surface area (Å²) in [4.78, 5) is 26.2. The average Bonchev–Trinajstić information content (AvgIpc) is 3.04. The molecule has 0 saturated carbocycles. The number of carbonyl (C=O) groups is 2. The van der Waals surface area contributed by atoms with Gasteiger partial charge in [0.25, 0.3) is 0 Å². The van der Waals surface area contributed by atoms with Gasteiger partial charge in [-0.25, -0.2) is 5.43 Å². The predicted octanol–water partition coefficient (Wildman–Crippen LogP) is 2.51. The van der Waals surface area contributed by atoms with Gasteiger partial charge in [0, 0.05) is 24.2 Å². The Bertz CT molecular complexity index is 830. The monoisotopic (exact) mass is 351 g/mol. The third kappa shape index (κ3) is 3.91. The zero-order valence-electron chi connectivity index (χ0n) is 14.8. The van der Waals surface area contributed by atoms with E-state index >= 15 is 0 Å². The van der Waals surface area contributed by atoms with Crippen LogP contribution in [0.5, 0.6) is 5.75 Å². The van der Waals surface area contributed by atoms with Crippen molar-refractivity contribution in [3.63, 3.8) is 0 Å². The molecule has 0 aromatic heterocycles. The van der Waals surface area contributed by atoms with E-state index < -0.39 is 5.92 Å². The number of carbonyl (C=O) groups excluding carboxylic acids is 2. The Hall–Kier alpha value is -3.15. The molecule has 0 bridgehead atoms. The molecule has 3 rings (SSSR count). The Labute approximate surface area is 152 Å². The molecular formula is C20H21N3O3. The summed E-state index contributed by atoms with van der Waals surface area (Å²) in [7, 11) is 1.58. The number of nitrogens with zero attached hydrogens (tertiary/aromatic N) is 2. The number of hydrogen-bond acceptors (Lipinski definition) is 4. The third-order valence-electron chi connectivity index (χ3n) is 4.36. The molecule has 2 amide bonds. The molecule has 0 aliphatic carbocycles. The Kier molecular flexibility index (Phi) is 5.31. The lowest BCUT2D eigenvalue weighted by Crippen LogP contribution is -2.30. The lowest BCUT2D eigenvalue weighted by atomic mass is 10.1. The van der Waals surface area contributed by atoms with E-state index in [1.54, 1.807) is 12.0 Å². The molecule has 1 atom stereocenters. The largest absolute Gasteiger partial charge is 0.496 e. The van der Waals surface area contributed by atoms with Crippen LogP contribution in [-0.4, -0.2) is 31.7 Å². The third-order valence-corrected chi connectivity index (χ3v) is 4.36. The molecule has 1 aliphatic heterocycles. The van der Waals surface area contributed by atoms with Gasteiger partial charge in [0.1, 0.15) is 5.75 Å². The molecule has 2 aromatic rings. The van der Waals surface area contributed by atoms with Gasteiger partial charge in [0.2, 0.25) is 11.8 Å². The van der Waals surface area contributed by atoms with E-state index in [1.165, 1.54) is 6.21 Å². The molecule has 1 saturated heterocycles. The minimum absolute atomic E-state index is 0.0530. The second kappa shape index (κ2) is 7.82. The van der Waals surface area contributed by atoms with E-state index in [2.05, 4.69) is 10.5 Å². The van der Waals surface area contributed by atoms with Gasteiger partial charge in [-0.05, 0) is 31.2 Å². The van der Waals surface area contributed by atoms with Crippen LogP contribution in [0.1, 0.15) is 17.5 Å². The summed E-state index contributed by atoms with van der Waals surface area (Å²) in [6.45, 7) is 2.35. The number of hydrogen-bond donors (Lipinski definition) is 1. The summed E-state index contributed by atoms with van der Waals surface area (Å²) >= 11 is 0. The standard InChI is InChI=1S/C20H21N3O3/c1-14-7-9-17(10-8-14)23-13-16(11-19(23)24)20(25)22-21-12-15-5-3-4-6-18(15)26-2/h3-10,12,16H,11,13H2,1-2H3,(H,22,25). The molecule has 2 aromatic carbocycles. The summed E-state index contributed by atoms with van der Waals surface area (Å²) in [5.74, 6) is -0.0625. The number of nitrogens with one attached hydrogen (secondary N) is 1. The number of hydrazone groups is 1. The number of anilines is 1. The lowest BCUT2D eigenvalue weighted by molar-refractivity contribution is -0.126. The van der Waals surface area contributed by atoms with Gasteiger partial charge in [-0.15, -0.1) is 0 Å². The molecule has 134 valence electrons. The molecule has 0 spiro atoms. The highest BCUT2D eigenvalue weighted by Gasteiger charge is 2.35. The van der Waals surface area contributed by atoms with Crippen molar-refractivity contribution in [2.24, 2.45) is 11.0 Å². The van der Waals surface area contributed by atoms with Gasteiger partial charge in [0.15, 0.2) is 0 Å². The second-order valence-corrected chi connectivity index (χ2v) is 6.22. The highest BCUT2D eigenvalue weighted by Crippen LogP contribution is 2.25. The summed E-state index contributed by atoms with van der Waals surface area (Å²) in [5.41, 5.74) is 5.22. The summed E-state index contributed by atoms with van der Waals surface area (Å²) in [6.07, 6.45) is 1.72. The van der Waals surface area contributed by atoms with Gasteiger partial charge in [-0.2, -0.15) is 5.10 Å². The molecule has 1 heterocycles. The van der Waals surface area contributed by atoms with Crippen molar-refractivity contribution in [1.29, 1.82) is 0 Å². The number of rotatable bonds is 5. The van der Waals surface area contributed by atoms with Crippen LogP contribution < -0.4 is 15.1 Å². The van der Waals surface area contributed by atoms with Crippen molar-refractivity contribution in [3.05, 3.63) is 59.7 Å². The number of methoxy groups -OCH3 is 1. The summed E-state index contributed by atoms with van der Waals surface area (Å²) in [6, 6.07) is 15.1. The first-order chi connectivity index (χ1) is 12.6. The van der Waals surface area contributed by atoms with Crippen LogP contribution >= 0.6 is 0 Å². The van der Waals surface area contributed by atoms with E-state index in [1.807, 2.05) is 55.5 Å². The number of benzene rings is 2. The molecule has 26 heavy (non-hydrogen) atoms. The average molecular weight is 351 g/mol. The van der Waals surface area contributed by atoms with Crippen LogP contribution in [0.2, 0.25) is 0 Å². The van der Waals surface area contributed by atoms with Crippen LogP contribution in [0.25, 0.3) is 0 Å². The fourth-order valence-electron chi connectivity index (χ4n) is 2.89. The summed E-state index contributed by atoms with van der Waals surface area (Å²) in [5, 5.41) is 3.99. The van der Waals surface area contributed by atoms with Gasteiger partial charge in [-0.3, -0.25) is 9.59 Å². The van der Waals surface area contributed by atoms with Crippen LogP contribution in [0.15, 0.2) is 53.6 Å². The van der Waals surface area contributed by atoms with E-state index in [4.69, 9.17) is 4.74 Å². The van der Waals surface area contributed by atoms with E-state index in [-0.39, 0.29) is 18.2 Å². The van der Waals surface area contributed by atoms with Gasteiger partial charge < -0.3 is 9.64 Å². The lowest BCUT2D eigenvalue weighted by Gasteiger charge is -2.16. The number of amides is 2. The van der Waals surface area contributed by atoms with Crippen molar-refractivity contribution in [2.75, 3.05) is 18.6 Å². The van der Waals surface area contributed by atoms with Gasteiger partial charge >= 0.3 is 0 Å². The molecule has 1 N–H and O–H groups in total. The zero-order chi connectivity index (χ0) is 18.5. The zero-order valence-corrected chi connectivity index (χ0v) is 14.8. The molecule has 0 radical (unpaired) electrons. The molecule has 1 unspecified atom stereocenters. The maximum absolute atomic E-state index is 12.3. The number of aryl methyl sites for hydroxylation is 1. The van der Waals surface area contributed by atoms with Crippen molar-refractivity contribution in [1.82, 2.24) is 5.43 Å². The Balaban J connectivity index is 1.61. The Morgan fingerprint density at radius 1 is 1.23 bits per heavy atom. The van der Waals surface area contributed by atoms with Crippen molar-refractivity contribution < 1.29 is 14.3 Å². The topological polar surface area (TPSA) is 71.0 Å². The van der Waals surface area contributed by atoms with E-state index in [9.17, 15) is 9.59 Å². The highest BCUT2D eigenvalue weighted by molar-refractivity contribution is 6.00. The molecule has 1 aliphatic rings. The second-order valence-electron chi connectivity index (χ2n) is 6.22. The predicted molar refractivity (Wildman–Crippen MR) is 100 cm³/mol. The quantitative estimate of drug-likeness (QED) is 0.665. The summed E-state index contributed by atoms with van der Waals surface area (Å²) < 4.78 is 5.23. The minimum Gasteiger partial charge on any atom is -0.496 e. The van der Waals surface area contributed by atoms with Crippen molar-refractivity contribution in [2.45, 2.75) is 13.3 Å². The van der Waals surface area contributed by atoms with E-state index in [0.717, 1.165) is 16.8 Å².